The van der Waals surface area contributed by atoms with Gasteiger partial charge in [-0.2, -0.15) is 5.10 Å². The number of thiazole rings is 1. The van der Waals surface area contributed by atoms with Crippen molar-refractivity contribution in [3.05, 3.63) is 22.5 Å². The van der Waals surface area contributed by atoms with E-state index in [0.717, 1.165) is 5.69 Å². The number of rotatable bonds is 3. The molecule has 0 radical (unpaired) electrons. The fraction of sp³-hybridized carbons (Fsp3) is 0.333. The van der Waals surface area contributed by atoms with Gasteiger partial charge in [0, 0.05) is 5.38 Å². The third kappa shape index (κ3) is 2.32. The van der Waals surface area contributed by atoms with Crippen molar-refractivity contribution in [2.24, 2.45) is 0 Å². The average molecular weight is 272 g/mol. The Morgan fingerprint density at radius 2 is 2.06 bits per heavy atom. The number of nitrogens with zero attached hydrogens (tertiary/aromatic N) is 2. The van der Waals surface area contributed by atoms with Gasteiger partial charge in [-0.3, -0.25) is 9.82 Å². The van der Waals surface area contributed by atoms with Gasteiger partial charge in [-0.05, 0) is 20.8 Å². The Bertz CT molecular complexity index is 622. The van der Waals surface area contributed by atoms with Crippen LogP contribution in [-0.2, 0) is 10.0 Å². The smallest absolute Gasteiger partial charge is 0.267 e. The quantitative estimate of drug-likeness (QED) is 0.888. The van der Waals surface area contributed by atoms with E-state index in [-0.39, 0.29) is 4.90 Å². The number of nitrogens with one attached hydrogen (secondary N) is 2. The van der Waals surface area contributed by atoms with Gasteiger partial charge in [0.15, 0.2) is 5.13 Å². The lowest BCUT2D eigenvalue weighted by Gasteiger charge is -2.04. The van der Waals surface area contributed by atoms with Crippen molar-refractivity contribution in [2.75, 3.05) is 4.72 Å². The molecule has 0 aliphatic rings. The van der Waals surface area contributed by atoms with Gasteiger partial charge >= 0.3 is 0 Å². The second-order valence-corrected chi connectivity index (χ2v) is 6.14. The van der Waals surface area contributed by atoms with E-state index in [4.69, 9.17) is 0 Å². The van der Waals surface area contributed by atoms with Crippen LogP contribution in [0, 0.1) is 20.8 Å². The van der Waals surface area contributed by atoms with Gasteiger partial charge < -0.3 is 0 Å². The van der Waals surface area contributed by atoms with Gasteiger partial charge in [0.1, 0.15) is 4.90 Å². The van der Waals surface area contributed by atoms with Crippen LogP contribution in [0.1, 0.15) is 17.1 Å². The Kier molecular flexibility index (Phi) is 2.92. The van der Waals surface area contributed by atoms with E-state index in [1.165, 1.54) is 11.3 Å². The Labute approximate surface area is 103 Å². The summed E-state index contributed by atoms with van der Waals surface area (Å²) in [5.74, 6) is 0. The van der Waals surface area contributed by atoms with E-state index >= 15 is 0 Å². The molecule has 0 fully saturated rings. The van der Waals surface area contributed by atoms with E-state index in [1.54, 1.807) is 19.2 Å². The zero-order valence-electron chi connectivity index (χ0n) is 9.60. The van der Waals surface area contributed by atoms with Crippen LogP contribution < -0.4 is 4.72 Å². The van der Waals surface area contributed by atoms with E-state index < -0.39 is 10.0 Å². The molecule has 0 amide bonds. The zero-order valence-corrected chi connectivity index (χ0v) is 11.2. The minimum absolute atomic E-state index is 0.186. The van der Waals surface area contributed by atoms with Crippen molar-refractivity contribution in [3.8, 4) is 0 Å². The molecule has 2 N–H and O–H groups in total. The van der Waals surface area contributed by atoms with Crippen LogP contribution in [0.4, 0.5) is 5.13 Å². The molecule has 0 aliphatic carbocycles. The van der Waals surface area contributed by atoms with E-state index in [0.29, 0.717) is 16.5 Å². The first-order valence-corrected chi connectivity index (χ1v) is 7.23. The SMILES string of the molecule is Cc1csc(NS(=O)(=O)c2c(C)n[nH]c2C)n1. The van der Waals surface area contributed by atoms with E-state index in [1.807, 2.05) is 6.92 Å². The standard InChI is InChI=1S/C9H12N4O2S2/c1-5-4-16-9(10-5)13-17(14,15)8-6(2)11-12-7(8)3/h4H,1-3H3,(H,10,13)(H,11,12). The molecular weight excluding hydrogens is 260 g/mol. The number of H-pyrrole nitrogens is 1. The highest BCUT2D eigenvalue weighted by molar-refractivity contribution is 7.93. The molecule has 0 unspecified atom stereocenters. The second kappa shape index (κ2) is 4.11. The molecule has 0 saturated heterocycles. The largest absolute Gasteiger partial charge is 0.281 e. The Balaban J connectivity index is 2.38. The van der Waals surface area contributed by atoms with Crippen LogP contribution in [0.25, 0.3) is 0 Å². The van der Waals surface area contributed by atoms with E-state index in [9.17, 15) is 8.42 Å². The number of aryl methyl sites for hydroxylation is 3. The van der Waals surface area contributed by atoms with Crippen molar-refractivity contribution < 1.29 is 8.42 Å². The number of anilines is 1. The molecule has 0 aliphatic heterocycles. The molecule has 92 valence electrons. The molecule has 2 rings (SSSR count). The lowest BCUT2D eigenvalue weighted by molar-refractivity contribution is 0.600. The maximum Gasteiger partial charge on any atom is 0.267 e. The maximum atomic E-state index is 12.1. The number of aromatic amines is 1. The predicted molar refractivity (Wildman–Crippen MR) is 65.7 cm³/mol. The van der Waals surface area contributed by atoms with Gasteiger partial charge in [-0.25, -0.2) is 13.4 Å². The van der Waals surface area contributed by atoms with Gasteiger partial charge in [0.2, 0.25) is 0 Å². The average Bonchev–Trinajstić information content (AvgIpc) is 2.73. The van der Waals surface area contributed by atoms with Crippen LogP contribution in [0.5, 0.6) is 0 Å². The molecule has 6 nitrogen and oxygen atoms in total. The number of hydrogen-bond acceptors (Lipinski definition) is 5. The molecule has 0 aromatic carbocycles. The van der Waals surface area contributed by atoms with Crippen molar-refractivity contribution in [2.45, 2.75) is 25.7 Å². The summed E-state index contributed by atoms with van der Waals surface area (Å²) in [6, 6.07) is 0. The van der Waals surface area contributed by atoms with E-state index in [2.05, 4.69) is 19.9 Å². The second-order valence-electron chi connectivity index (χ2n) is 3.66. The number of aromatic nitrogens is 3. The van der Waals surface area contributed by atoms with Crippen LogP contribution in [-0.4, -0.2) is 23.6 Å². The van der Waals surface area contributed by atoms with Crippen molar-refractivity contribution in [1.29, 1.82) is 0 Å². The first-order chi connectivity index (χ1) is 7.90. The monoisotopic (exact) mass is 272 g/mol. The lowest BCUT2D eigenvalue weighted by atomic mass is 10.4. The van der Waals surface area contributed by atoms with Gasteiger partial charge in [-0.15, -0.1) is 11.3 Å². The minimum Gasteiger partial charge on any atom is -0.281 e. The highest BCUT2D eigenvalue weighted by atomic mass is 32.2. The molecular formula is C9H12N4O2S2. The Morgan fingerprint density at radius 1 is 1.35 bits per heavy atom. The topological polar surface area (TPSA) is 87.7 Å². The summed E-state index contributed by atoms with van der Waals surface area (Å²) in [4.78, 5) is 4.25. The fourth-order valence-electron chi connectivity index (χ4n) is 1.50. The van der Waals surface area contributed by atoms with Crippen LogP contribution >= 0.6 is 11.3 Å². The van der Waals surface area contributed by atoms with Crippen molar-refractivity contribution in [3.63, 3.8) is 0 Å². The highest BCUT2D eigenvalue weighted by Crippen LogP contribution is 2.22. The Morgan fingerprint density at radius 3 is 2.53 bits per heavy atom. The van der Waals surface area contributed by atoms with Crippen LogP contribution in [0.2, 0.25) is 0 Å². The Hall–Kier alpha value is -1.41. The molecule has 0 bridgehead atoms. The van der Waals surface area contributed by atoms with Crippen molar-refractivity contribution in [1.82, 2.24) is 15.2 Å². The van der Waals surface area contributed by atoms with Gasteiger partial charge in [-0.1, -0.05) is 0 Å². The normalized spacial score (nSPS) is 11.7. The maximum absolute atomic E-state index is 12.1. The summed E-state index contributed by atoms with van der Waals surface area (Å²) in [7, 11) is -3.61. The fourth-order valence-corrected chi connectivity index (χ4v) is 3.82. The summed E-state index contributed by atoms with van der Waals surface area (Å²) in [5.41, 5.74) is 1.75. The molecule has 0 spiro atoms. The summed E-state index contributed by atoms with van der Waals surface area (Å²) >= 11 is 1.25. The third-order valence-electron chi connectivity index (χ3n) is 2.17. The molecule has 2 aromatic rings. The third-order valence-corrected chi connectivity index (χ3v) is 4.78. The molecule has 2 aromatic heterocycles. The molecule has 0 atom stereocenters. The lowest BCUT2D eigenvalue weighted by Crippen LogP contribution is -2.14. The first-order valence-electron chi connectivity index (χ1n) is 4.86. The zero-order chi connectivity index (χ0) is 12.6. The van der Waals surface area contributed by atoms with Crippen LogP contribution in [0.3, 0.4) is 0 Å². The van der Waals surface area contributed by atoms with Crippen molar-refractivity contribution >= 4 is 26.5 Å². The van der Waals surface area contributed by atoms with Gasteiger partial charge in [0.05, 0.1) is 17.1 Å². The minimum atomic E-state index is -3.61. The summed E-state index contributed by atoms with van der Waals surface area (Å²) in [5, 5.41) is 8.66. The first kappa shape index (κ1) is 12.1. The highest BCUT2D eigenvalue weighted by Gasteiger charge is 2.23. The predicted octanol–water partition coefficient (Wildman–Crippen LogP) is 1.59. The van der Waals surface area contributed by atoms with Crippen LogP contribution in [0.15, 0.2) is 10.3 Å². The number of sulfonamides is 1. The molecule has 0 saturated carbocycles. The molecule has 17 heavy (non-hydrogen) atoms. The summed E-state index contributed by atoms with van der Waals surface area (Å²) in [6.07, 6.45) is 0. The number of hydrogen-bond donors (Lipinski definition) is 2. The summed E-state index contributed by atoms with van der Waals surface area (Å²) in [6.45, 7) is 5.12. The van der Waals surface area contributed by atoms with Gasteiger partial charge in [0.25, 0.3) is 10.0 Å². The molecule has 8 heteroatoms. The molecule has 2 heterocycles. The summed E-state index contributed by atoms with van der Waals surface area (Å²) < 4.78 is 26.7.